The van der Waals surface area contributed by atoms with Crippen molar-refractivity contribution in [1.29, 1.82) is 5.26 Å². The van der Waals surface area contributed by atoms with Gasteiger partial charge in [-0.25, -0.2) is 13.1 Å². The number of nitrogens with zero attached hydrogens (tertiary/aromatic N) is 1. The largest absolute Gasteiger partial charge is 0.485 e. The standard InChI is InChI=1S/C16H16N2O4S2/c1-24(20,21)18-9-8-14-6-7-16(23-14)15(19)11-22-13-4-2-12(10-17)3-5-13/h2-7,18H,8-9,11H2,1H3. The van der Waals surface area contributed by atoms with Gasteiger partial charge in [0.25, 0.3) is 0 Å². The molecule has 1 aromatic carbocycles. The molecular formula is C16H16N2O4S2. The fraction of sp³-hybridized carbons (Fsp3) is 0.250. The van der Waals surface area contributed by atoms with Crippen LogP contribution in [-0.2, 0) is 16.4 Å². The summed E-state index contributed by atoms with van der Waals surface area (Å²) >= 11 is 1.33. The Morgan fingerprint density at radius 2 is 1.96 bits per heavy atom. The maximum atomic E-state index is 12.1. The van der Waals surface area contributed by atoms with Crippen molar-refractivity contribution in [2.24, 2.45) is 0 Å². The number of carbonyl (C=O) groups is 1. The number of rotatable bonds is 8. The zero-order chi connectivity index (χ0) is 17.6. The second-order valence-electron chi connectivity index (χ2n) is 5.03. The van der Waals surface area contributed by atoms with Gasteiger partial charge >= 0.3 is 0 Å². The van der Waals surface area contributed by atoms with Crippen LogP contribution in [0.5, 0.6) is 5.75 Å². The molecule has 1 aromatic heterocycles. The van der Waals surface area contributed by atoms with Crippen molar-refractivity contribution >= 4 is 27.1 Å². The Balaban J connectivity index is 1.85. The van der Waals surface area contributed by atoms with E-state index in [1.165, 1.54) is 11.3 Å². The first-order chi connectivity index (χ1) is 11.4. The third kappa shape index (κ3) is 5.77. The summed E-state index contributed by atoms with van der Waals surface area (Å²) in [4.78, 5) is 13.6. The second kappa shape index (κ2) is 8.06. The zero-order valence-electron chi connectivity index (χ0n) is 13.0. The summed E-state index contributed by atoms with van der Waals surface area (Å²) in [6.07, 6.45) is 1.64. The van der Waals surface area contributed by atoms with Gasteiger partial charge in [0.05, 0.1) is 22.8 Å². The number of nitriles is 1. The fourth-order valence-corrected chi connectivity index (χ4v) is 3.27. The first-order valence-corrected chi connectivity index (χ1v) is 9.78. The van der Waals surface area contributed by atoms with Gasteiger partial charge in [0.1, 0.15) is 5.75 Å². The maximum absolute atomic E-state index is 12.1. The van der Waals surface area contributed by atoms with Crippen LogP contribution in [-0.4, -0.2) is 33.6 Å². The molecule has 2 rings (SSSR count). The minimum Gasteiger partial charge on any atom is -0.485 e. The number of thiophene rings is 1. The van der Waals surface area contributed by atoms with Crippen LogP contribution in [0.15, 0.2) is 36.4 Å². The predicted octanol–water partition coefficient (Wildman–Crippen LogP) is 1.97. The van der Waals surface area contributed by atoms with E-state index in [1.54, 1.807) is 30.3 Å². The summed E-state index contributed by atoms with van der Waals surface area (Å²) in [6.45, 7) is 0.210. The number of Topliss-reactive ketones (excluding diaryl/α,β-unsaturated/α-hetero) is 1. The average Bonchev–Trinajstić information content (AvgIpc) is 3.01. The average molecular weight is 364 g/mol. The summed E-state index contributed by atoms with van der Waals surface area (Å²) in [5, 5.41) is 8.72. The Bertz CT molecular complexity index is 849. The molecule has 0 atom stereocenters. The van der Waals surface area contributed by atoms with Gasteiger partial charge in [-0.05, 0) is 42.8 Å². The highest BCUT2D eigenvalue weighted by molar-refractivity contribution is 7.88. The lowest BCUT2D eigenvalue weighted by Crippen LogP contribution is -2.24. The Labute approximate surface area is 144 Å². The molecule has 1 heterocycles. The van der Waals surface area contributed by atoms with Gasteiger partial charge in [-0.3, -0.25) is 4.79 Å². The smallest absolute Gasteiger partial charge is 0.210 e. The van der Waals surface area contributed by atoms with Crippen LogP contribution < -0.4 is 9.46 Å². The molecule has 0 radical (unpaired) electrons. The number of hydrogen-bond donors (Lipinski definition) is 1. The van der Waals surface area contributed by atoms with Crippen LogP contribution >= 0.6 is 11.3 Å². The van der Waals surface area contributed by atoms with Crippen LogP contribution in [0.1, 0.15) is 20.1 Å². The Hall–Kier alpha value is -2.21. The molecule has 0 unspecified atom stereocenters. The highest BCUT2D eigenvalue weighted by Gasteiger charge is 2.11. The van der Waals surface area contributed by atoms with Crippen LogP contribution in [0.25, 0.3) is 0 Å². The molecular weight excluding hydrogens is 348 g/mol. The van der Waals surface area contributed by atoms with Gasteiger partial charge in [-0.1, -0.05) is 0 Å². The first-order valence-electron chi connectivity index (χ1n) is 7.07. The molecule has 0 saturated heterocycles. The molecule has 0 bridgehead atoms. The molecule has 0 fully saturated rings. The van der Waals surface area contributed by atoms with E-state index >= 15 is 0 Å². The molecule has 6 nitrogen and oxygen atoms in total. The lowest BCUT2D eigenvalue weighted by Gasteiger charge is -2.04. The van der Waals surface area contributed by atoms with Gasteiger partial charge in [0, 0.05) is 11.4 Å². The van der Waals surface area contributed by atoms with Crippen molar-refractivity contribution in [3.05, 3.63) is 51.7 Å². The minimum atomic E-state index is -3.20. The molecule has 0 aliphatic rings. The number of ketones is 1. The van der Waals surface area contributed by atoms with Crippen molar-refractivity contribution in [1.82, 2.24) is 4.72 Å². The van der Waals surface area contributed by atoms with Gasteiger partial charge in [-0.15, -0.1) is 11.3 Å². The van der Waals surface area contributed by atoms with Gasteiger partial charge in [0.15, 0.2) is 6.61 Å². The normalized spacial score (nSPS) is 11.0. The van der Waals surface area contributed by atoms with Crippen molar-refractivity contribution in [3.8, 4) is 11.8 Å². The van der Waals surface area contributed by atoms with Crippen molar-refractivity contribution in [2.75, 3.05) is 19.4 Å². The number of hydrogen-bond acceptors (Lipinski definition) is 6. The second-order valence-corrected chi connectivity index (χ2v) is 8.03. The number of nitrogens with one attached hydrogen (secondary N) is 1. The third-order valence-electron chi connectivity index (χ3n) is 3.03. The zero-order valence-corrected chi connectivity index (χ0v) is 14.6. The molecule has 8 heteroatoms. The molecule has 0 amide bonds. The van der Waals surface area contributed by atoms with E-state index in [0.717, 1.165) is 11.1 Å². The SMILES string of the molecule is CS(=O)(=O)NCCc1ccc(C(=O)COc2ccc(C#N)cc2)s1. The summed E-state index contributed by atoms with van der Waals surface area (Å²) in [5.74, 6) is 0.378. The molecule has 0 saturated carbocycles. The molecule has 1 N–H and O–H groups in total. The van der Waals surface area contributed by atoms with Crippen molar-refractivity contribution in [3.63, 3.8) is 0 Å². The van der Waals surface area contributed by atoms with Crippen LogP contribution in [0.2, 0.25) is 0 Å². The minimum absolute atomic E-state index is 0.0898. The Kier molecular flexibility index (Phi) is 6.09. The van der Waals surface area contributed by atoms with Gasteiger partial charge < -0.3 is 4.74 Å². The number of ether oxygens (including phenoxy) is 1. The molecule has 0 aliphatic heterocycles. The van der Waals surface area contributed by atoms with Crippen molar-refractivity contribution in [2.45, 2.75) is 6.42 Å². The lowest BCUT2D eigenvalue weighted by molar-refractivity contribution is 0.0925. The number of benzene rings is 1. The monoisotopic (exact) mass is 364 g/mol. The van der Waals surface area contributed by atoms with E-state index in [2.05, 4.69) is 4.72 Å². The molecule has 0 spiro atoms. The lowest BCUT2D eigenvalue weighted by atomic mass is 10.2. The van der Waals surface area contributed by atoms with Crippen LogP contribution in [0.3, 0.4) is 0 Å². The summed E-state index contributed by atoms with van der Waals surface area (Å²) in [6, 6.07) is 12.1. The topological polar surface area (TPSA) is 96.3 Å². The fourth-order valence-electron chi connectivity index (χ4n) is 1.87. The first kappa shape index (κ1) is 18.1. The summed E-state index contributed by atoms with van der Waals surface area (Å²) < 4.78 is 29.8. The molecule has 2 aromatic rings. The summed E-state index contributed by atoms with van der Waals surface area (Å²) in [5.41, 5.74) is 0.527. The van der Waals surface area contributed by atoms with Gasteiger partial charge in [0.2, 0.25) is 15.8 Å². The third-order valence-corrected chi connectivity index (χ3v) is 4.94. The number of sulfonamides is 1. The van der Waals surface area contributed by atoms with Crippen LogP contribution in [0.4, 0.5) is 0 Å². The quantitative estimate of drug-likeness (QED) is 0.723. The Morgan fingerprint density at radius 1 is 1.25 bits per heavy atom. The molecule has 24 heavy (non-hydrogen) atoms. The maximum Gasteiger partial charge on any atom is 0.210 e. The summed E-state index contributed by atoms with van der Waals surface area (Å²) in [7, 11) is -3.20. The van der Waals surface area contributed by atoms with Crippen molar-refractivity contribution < 1.29 is 17.9 Å². The van der Waals surface area contributed by atoms with E-state index in [4.69, 9.17) is 10.00 Å². The van der Waals surface area contributed by atoms with E-state index in [9.17, 15) is 13.2 Å². The van der Waals surface area contributed by atoms with E-state index in [-0.39, 0.29) is 12.4 Å². The highest BCUT2D eigenvalue weighted by Crippen LogP contribution is 2.18. The van der Waals surface area contributed by atoms with E-state index < -0.39 is 10.0 Å². The predicted molar refractivity (Wildman–Crippen MR) is 91.9 cm³/mol. The van der Waals surface area contributed by atoms with E-state index in [0.29, 0.717) is 29.2 Å². The van der Waals surface area contributed by atoms with E-state index in [1.807, 2.05) is 12.1 Å². The number of carbonyl (C=O) groups excluding carboxylic acids is 1. The highest BCUT2D eigenvalue weighted by atomic mass is 32.2. The molecule has 0 aliphatic carbocycles. The molecule has 126 valence electrons. The Morgan fingerprint density at radius 3 is 2.58 bits per heavy atom. The van der Waals surface area contributed by atoms with Gasteiger partial charge in [-0.2, -0.15) is 5.26 Å². The van der Waals surface area contributed by atoms with Crippen LogP contribution in [0, 0.1) is 11.3 Å².